The minimum absolute atomic E-state index is 0.403. The maximum Gasteiger partial charge on any atom is 0.495 e. The highest BCUT2D eigenvalue weighted by molar-refractivity contribution is 7.26. The fraction of sp³-hybridized carbons (Fsp3) is 0.214. The van der Waals surface area contributed by atoms with Crippen molar-refractivity contribution in [3.63, 3.8) is 0 Å². The van der Waals surface area contributed by atoms with E-state index in [0.29, 0.717) is 0 Å². The van der Waals surface area contributed by atoms with Crippen LogP contribution in [0.2, 0.25) is 0 Å². The van der Waals surface area contributed by atoms with E-state index in [0.717, 1.165) is 59.4 Å². The Morgan fingerprint density at radius 3 is 2.26 bits per heavy atom. The molecule has 1 saturated heterocycles. The third-order valence-corrected chi connectivity index (χ3v) is 8.96. The van der Waals surface area contributed by atoms with Gasteiger partial charge < -0.3 is 18.1 Å². The van der Waals surface area contributed by atoms with E-state index in [-0.39, 0.29) is 0 Å². The Kier molecular flexibility index (Phi) is 3.37. The van der Waals surface area contributed by atoms with Crippen LogP contribution >= 0.6 is 11.3 Å². The van der Waals surface area contributed by atoms with Crippen molar-refractivity contribution in [1.29, 1.82) is 0 Å². The molecule has 8 rings (SSSR count). The number of hydrogen-bond acceptors (Lipinski definition) is 5. The molecule has 4 aromatic carbocycles. The van der Waals surface area contributed by atoms with Gasteiger partial charge in [0.2, 0.25) is 0 Å². The molecule has 6 heteroatoms. The smallest absolute Gasteiger partial charge is 0.456 e. The molecule has 0 saturated carbocycles. The predicted molar refractivity (Wildman–Crippen MR) is 141 cm³/mol. The van der Waals surface area contributed by atoms with Crippen molar-refractivity contribution < 1.29 is 18.1 Å². The lowest BCUT2D eigenvalue weighted by Crippen LogP contribution is -2.41. The molecule has 34 heavy (non-hydrogen) atoms. The molecule has 3 aromatic heterocycles. The van der Waals surface area contributed by atoms with Crippen molar-refractivity contribution in [3.05, 3.63) is 54.6 Å². The van der Waals surface area contributed by atoms with Gasteiger partial charge in [0.15, 0.2) is 0 Å². The molecule has 1 aliphatic rings. The van der Waals surface area contributed by atoms with Crippen LogP contribution in [0.4, 0.5) is 0 Å². The summed E-state index contributed by atoms with van der Waals surface area (Å²) in [5.41, 5.74) is 3.62. The van der Waals surface area contributed by atoms with Gasteiger partial charge in [-0.25, -0.2) is 0 Å². The highest BCUT2D eigenvalue weighted by atomic mass is 32.1. The number of fused-ring (bicyclic) bond motifs is 2. The van der Waals surface area contributed by atoms with Crippen molar-refractivity contribution in [1.82, 2.24) is 0 Å². The molecule has 0 spiro atoms. The summed E-state index contributed by atoms with van der Waals surface area (Å²) in [6.45, 7) is 8.33. The molecule has 4 heterocycles. The van der Waals surface area contributed by atoms with Crippen LogP contribution in [0.3, 0.4) is 0 Å². The lowest BCUT2D eigenvalue weighted by Gasteiger charge is -2.32. The summed E-state index contributed by atoms with van der Waals surface area (Å²) in [6, 6.07) is 19.0. The summed E-state index contributed by atoms with van der Waals surface area (Å²) in [6.07, 6.45) is 0. The van der Waals surface area contributed by atoms with Crippen LogP contribution in [-0.4, -0.2) is 18.3 Å². The van der Waals surface area contributed by atoms with Crippen molar-refractivity contribution >= 4 is 88.0 Å². The highest BCUT2D eigenvalue weighted by Gasteiger charge is 2.51. The van der Waals surface area contributed by atoms with Crippen LogP contribution in [0.5, 0.6) is 0 Å². The van der Waals surface area contributed by atoms with Crippen molar-refractivity contribution in [3.8, 4) is 0 Å². The van der Waals surface area contributed by atoms with E-state index in [4.69, 9.17) is 18.1 Å². The number of furan rings is 1. The topological polar surface area (TPSA) is 44.7 Å². The Balaban J connectivity index is 1.56. The number of hydrogen-bond donors (Lipinski definition) is 0. The van der Waals surface area contributed by atoms with Gasteiger partial charge in [-0.1, -0.05) is 24.3 Å². The second kappa shape index (κ2) is 5.95. The standard InChI is InChI=1S/C28H21BO4S/c1-27(2)28(3,4)33-29(32-27)15-12-19-22-21(13-15)34-20-10-9-17-23(25(20)22)24-18(30-17)11-14-7-5-6-8-16(14)26(24)31-19/h5-13H,1-4H3. The minimum Gasteiger partial charge on any atom is -0.456 e. The molecule has 4 nitrogen and oxygen atoms in total. The van der Waals surface area contributed by atoms with Crippen molar-refractivity contribution in [2.75, 3.05) is 0 Å². The molecule has 0 amide bonds. The van der Waals surface area contributed by atoms with Crippen molar-refractivity contribution in [2.24, 2.45) is 0 Å². The number of rotatable bonds is 1. The summed E-state index contributed by atoms with van der Waals surface area (Å²) in [5.74, 6) is 0. The monoisotopic (exact) mass is 464 g/mol. The molecule has 0 unspecified atom stereocenters. The van der Waals surface area contributed by atoms with Crippen molar-refractivity contribution in [2.45, 2.75) is 38.9 Å². The van der Waals surface area contributed by atoms with Crippen LogP contribution in [-0.2, 0) is 9.31 Å². The lowest BCUT2D eigenvalue weighted by molar-refractivity contribution is 0.00578. The molecule has 0 atom stereocenters. The fourth-order valence-corrected chi connectivity index (χ4v) is 6.60. The van der Waals surface area contributed by atoms with E-state index in [1.165, 1.54) is 10.1 Å². The first-order valence-electron chi connectivity index (χ1n) is 11.6. The summed E-state index contributed by atoms with van der Waals surface area (Å²) in [4.78, 5) is 0. The summed E-state index contributed by atoms with van der Waals surface area (Å²) in [7, 11) is -0.448. The average molecular weight is 464 g/mol. The van der Waals surface area contributed by atoms with E-state index >= 15 is 0 Å². The molecule has 7 aromatic rings. The first-order chi connectivity index (χ1) is 16.3. The van der Waals surface area contributed by atoms with Gasteiger partial charge in [0.25, 0.3) is 0 Å². The zero-order valence-corrected chi connectivity index (χ0v) is 20.1. The SMILES string of the molecule is CC1(C)OB(c2cc3oc4c5ccccc5cc5oc6ccc7sc(c2)c3c7c6c54)OC1(C)C. The first kappa shape index (κ1) is 19.3. The van der Waals surface area contributed by atoms with Gasteiger partial charge in [0, 0.05) is 30.9 Å². The maximum absolute atomic E-state index is 6.83. The Bertz CT molecular complexity index is 1920. The Morgan fingerprint density at radius 1 is 0.676 bits per heavy atom. The predicted octanol–water partition coefficient (Wildman–Crippen LogP) is 7.59. The molecular formula is C28H21BO4S. The second-order valence-electron chi connectivity index (χ2n) is 10.4. The largest absolute Gasteiger partial charge is 0.495 e. The van der Waals surface area contributed by atoms with Gasteiger partial charge >= 0.3 is 7.12 Å². The molecule has 166 valence electrons. The van der Waals surface area contributed by atoms with Gasteiger partial charge in [-0.05, 0) is 68.9 Å². The van der Waals surface area contributed by atoms with Gasteiger partial charge in [-0.2, -0.15) is 0 Å². The summed E-state index contributed by atoms with van der Waals surface area (Å²) < 4.78 is 28.3. The maximum atomic E-state index is 6.83. The molecule has 0 N–H and O–H groups in total. The van der Waals surface area contributed by atoms with Crippen LogP contribution in [0.15, 0.2) is 63.4 Å². The first-order valence-corrected chi connectivity index (χ1v) is 12.4. The van der Waals surface area contributed by atoms with E-state index in [2.05, 4.69) is 76.2 Å². The second-order valence-corrected chi connectivity index (χ2v) is 11.5. The van der Waals surface area contributed by atoms with E-state index in [1.54, 1.807) is 11.3 Å². The minimum atomic E-state index is -0.448. The van der Waals surface area contributed by atoms with Gasteiger partial charge in [-0.15, -0.1) is 11.3 Å². The van der Waals surface area contributed by atoms with Crippen LogP contribution in [0.1, 0.15) is 27.7 Å². The van der Waals surface area contributed by atoms with Crippen LogP contribution in [0.25, 0.3) is 64.0 Å². The summed E-state index contributed by atoms with van der Waals surface area (Å²) >= 11 is 1.78. The highest BCUT2D eigenvalue weighted by Crippen LogP contribution is 2.48. The van der Waals surface area contributed by atoms with Gasteiger partial charge in [0.1, 0.15) is 22.3 Å². The normalized spacial score (nSPS) is 18.2. The average Bonchev–Trinajstić information content (AvgIpc) is 3.37. The Morgan fingerprint density at radius 2 is 1.44 bits per heavy atom. The third-order valence-electron chi connectivity index (χ3n) is 7.86. The lowest BCUT2D eigenvalue weighted by atomic mass is 9.78. The number of benzene rings is 4. The molecular weight excluding hydrogens is 443 g/mol. The number of thiophene rings is 1. The molecule has 1 fully saturated rings. The molecule has 0 aliphatic carbocycles. The van der Waals surface area contributed by atoms with E-state index in [9.17, 15) is 0 Å². The van der Waals surface area contributed by atoms with Gasteiger partial charge in [-0.3, -0.25) is 0 Å². The van der Waals surface area contributed by atoms with Crippen LogP contribution in [0, 0.1) is 0 Å². The molecule has 0 bridgehead atoms. The quantitative estimate of drug-likeness (QED) is 0.235. The van der Waals surface area contributed by atoms with Crippen LogP contribution < -0.4 is 5.46 Å². The summed E-state index contributed by atoms with van der Waals surface area (Å²) in [5, 5.41) is 6.71. The fourth-order valence-electron chi connectivity index (χ4n) is 5.42. The van der Waals surface area contributed by atoms with E-state index in [1.807, 2.05) is 6.07 Å². The molecule has 1 aliphatic heterocycles. The van der Waals surface area contributed by atoms with E-state index < -0.39 is 18.3 Å². The zero-order chi connectivity index (χ0) is 23.0. The third kappa shape index (κ3) is 2.26. The zero-order valence-electron chi connectivity index (χ0n) is 19.3. The Labute approximate surface area is 199 Å². The molecule has 0 radical (unpaired) electrons. The van der Waals surface area contributed by atoms with Gasteiger partial charge in [0.05, 0.1) is 16.6 Å². The Hall–Kier alpha value is -3.06.